The van der Waals surface area contributed by atoms with Crippen molar-refractivity contribution in [1.82, 2.24) is 15.1 Å². The average Bonchev–Trinajstić information content (AvgIpc) is 3.27. The van der Waals surface area contributed by atoms with Crippen molar-refractivity contribution in [2.24, 2.45) is 0 Å². The van der Waals surface area contributed by atoms with Crippen LogP contribution in [0.25, 0.3) is 11.3 Å². The van der Waals surface area contributed by atoms with Crippen LogP contribution in [0.5, 0.6) is 5.75 Å². The Morgan fingerprint density at radius 2 is 2.00 bits per heavy atom. The molecule has 2 N–H and O–H groups in total. The largest absolute Gasteiger partial charge is 0.435 e. The number of hydrogen-bond acceptors (Lipinski definition) is 4. The van der Waals surface area contributed by atoms with Crippen molar-refractivity contribution in [2.45, 2.75) is 32.3 Å². The first-order valence-electron chi connectivity index (χ1n) is 8.73. The molecule has 1 aliphatic heterocycles. The minimum absolute atomic E-state index is 0.0555. The third kappa shape index (κ3) is 5.26. The van der Waals surface area contributed by atoms with Crippen LogP contribution in [0.15, 0.2) is 30.3 Å². The molecule has 2 heterocycles. The summed E-state index contributed by atoms with van der Waals surface area (Å²) >= 11 is 0. The van der Waals surface area contributed by atoms with Crippen molar-refractivity contribution in [3.63, 3.8) is 0 Å². The van der Waals surface area contributed by atoms with Gasteiger partial charge in [-0.1, -0.05) is 0 Å². The molecular weight excluding hydrogens is 342 g/mol. The summed E-state index contributed by atoms with van der Waals surface area (Å²) in [7, 11) is 0. The molecule has 8 heteroatoms. The Balaban J connectivity index is 1.48. The summed E-state index contributed by atoms with van der Waals surface area (Å²) in [5.41, 5.74) is 1.35. The van der Waals surface area contributed by atoms with Crippen LogP contribution in [0.2, 0.25) is 0 Å². The minimum atomic E-state index is -2.85. The van der Waals surface area contributed by atoms with Crippen LogP contribution in [-0.4, -0.2) is 47.3 Å². The molecule has 1 fully saturated rings. The number of amides is 1. The second-order valence-electron chi connectivity index (χ2n) is 6.27. The zero-order chi connectivity index (χ0) is 18.4. The van der Waals surface area contributed by atoms with Crippen molar-refractivity contribution in [3.8, 4) is 17.0 Å². The molecule has 1 aromatic carbocycles. The first-order valence-corrected chi connectivity index (χ1v) is 8.73. The number of nitrogens with one attached hydrogen (secondary N) is 2. The van der Waals surface area contributed by atoms with Gasteiger partial charge in [0.15, 0.2) is 0 Å². The maximum atomic E-state index is 12.2. The third-order valence-corrected chi connectivity index (χ3v) is 4.30. The lowest BCUT2D eigenvalue weighted by Gasteiger charge is -2.13. The monoisotopic (exact) mass is 364 g/mol. The molecule has 1 aromatic heterocycles. The number of anilines is 1. The molecule has 0 saturated carbocycles. The van der Waals surface area contributed by atoms with Crippen LogP contribution in [0.3, 0.4) is 0 Å². The van der Waals surface area contributed by atoms with Gasteiger partial charge < -0.3 is 15.0 Å². The number of nitrogens with zero attached hydrogens (tertiary/aromatic N) is 2. The third-order valence-electron chi connectivity index (χ3n) is 4.30. The summed E-state index contributed by atoms with van der Waals surface area (Å²) in [6.07, 6.45) is 3.79. The highest BCUT2D eigenvalue weighted by molar-refractivity contribution is 5.90. The number of carbonyl (C=O) groups is 1. The quantitative estimate of drug-likeness (QED) is 0.752. The maximum Gasteiger partial charge on any atom is 0.387 e. The number of aromatic amines is 1. The summed E-state index contributed by atoms with van der Waals surface area (Å²) in [4.78, 5) is 14.4. The van der Waals surface area contributed by atoms with Gasteiger partial charge in [0.05, 0.1) is 5.69 Å². The summed E-state index contributed by atoms with van der Waals surface area (Å²) < 4.78 is 28.6. The number of halogens is 2. The molecule has 0 radical (unpaired) electrons. The molecule has 0 atom stereocenters. The number of rotatable bonds is 8. The molecule has 1 amide bonds. The fourth-order valence-corrected chi connectivity index (χ4v) is 3.02. The Kier molecular flexibility index (Phi) is 6.17. The van der Waals surface area contributed by atoms with Crippen molar-refractivity contribution in [2.75, 3.05) is 25.0 Å². The minimum Gasteiger partial charge on any atom is -0.435 e. The van der Waals surface area contributed by atoms with Crippen LogP contribution in [0.4, 0.5) is 14.6 Å². The van der Waals surface area contributed by atoms with E-state index in [0.29, 0.717) is 17.9 Å². The smallest absolute Gasteiger partial charge is 0.387 e. The number of carbonyl (C=O) groups excluding carboxylic acids is 1. The van der Waals surface area contributed by atoms with E-state index in [0.717, 1.165) is 31.6 Å². The highest BCUT2D eigenvalue weighted by atomic mass is 19.3. The molecule has 0 spiro atoms. The lowest BCUT2D eigenvalue weighted by Crippen LogP contribution is -2.22. The van der Waals surface area contributed by atoms with Crippen molar-refractivity contribution in [3.05, 3.63) is 30.3 Å². The van der Waals surface area contributed by atoms with E-state index in [9.17, 15) is 13.6 Å². The summed E-state index contributed by atoms with van der Waals surface area (Å²) in [5.74, 6) is 0.546. The molecule has 1 saturated heterocycles. The zero-order valence-electron chi connectivity index (χ0n) is 14.4. The van der Waals surface area contributed by atoms with Gasteiger partial charge in [-0.15, -0.1) is 0 Å². The highest BCUT2D eigenvalue weighted by Gasteiger charge is 2.12. The fraction of sp³-hybridized carbons (Fsp3) is 0.444. The van der Waals surface area contributed by atoms with E-state index in [1.807, 2.05) is 0 Å². The van der Waals surface area contributed by atoms with E-state index < -0.39 is 6.61 Å². The van der Waals surface area contributed by atoms with E-state index in [-0.39, 0.29) is 11.7 Å². The Hall–Kier alpha value is -2.48. The molecular formula is C18H22F2N4O2. The van der Waals surface area contributed by atoms with Gasteiger partial charge in [0.2, 0.25) is 5.91 Å². The summed E-state index contributed by atoms with van der Waals surface area (Å²) in [5, 5.41) is 9.70. The number of hydrogen-bond donors (Lipinski definition) is 2. The second kappa shape index (κ2) is 8.75. The number of alkyl halides is 2. The molecule has 0 unspecified atom stereocenters. The van der Waals surface area contributed by atoms with Crippen LogP contribution >= 0.6 is 0 Å². The van der Waals surface area contributed by atoms with Gasteiger partial charge in [-0.3, -0.25) is 9.89 Å². The number of aromatic nitrogens is 2. The van der Waals surface area contributed by atoms with Gasteiger partial charge in [0.25, 0.3) is 0 Å². The zero-order valence-corrected chi connectivity index (χ0v) is 14.4. The van der Waals surface area contributed by atoms with Crippen LogP contribution in [0, 0.1) is 0 Å². The maximum absolute atomic E-state index is 12.2. The van der Waals surface area contributed by atoms with Crippen LogP contribution in [0.1, 0.15) is 25.7 Å². The van der Waals surface area contributed by atoms with Crippen molar-refractivity contribution < 1.29 is 18.3 Å². The van der Waals surface area contributed by atoms with Gasteiger partial charge in [0.1, 0.15) is 11.6 Å². The van der Waals surface area contributed by atoms with Crippen molar-refractivity contribution >= 4 is 11.7 Å². The lowest BCUT2D eigenvalue weighted by atomic mass is 10.1. The number of likely N-dealkylation sites (tertiary alicyclic amines) is 1. The number of benzene rings is 1. The SMILES string of the molecule is O=C(CCCN1CCCC1)Nc1cc(-c2ccc(OC(F)F)cc2)n[nH]1. The highest BCUT2D eigenvalue weighted by Crippen LogP contribution is 2.23. The fourth-order valence-electron chi connectivity index (χ4n) is 3.02. The molecule has 0 bridgehead atoms. The van der Waals surface area contributed by atoms with E-state index in [1.165, 1.54) is 25.0 Å². The number of ether oxygens (including phenoxy) is 1. The molecule has 3 rings (SSSR count). The van der Waals surface area contributed by atoms with E-state index in [4.69, 9.17) is 0 Å². The van der Waals surface area contributed by atoms with Gasteiger partial charge in [-0.05, 0) is 63.2 Å². The molecule has 6 nitrogen and oxygen atoms in total. The molecule has 2 aromatic rings. The molecule has 26 heavy (non-hydrogen) atoms. The topological polar surface area (TPSA) is 70.2 Å². The Morgan fingerprint density at radius 1 is 1.27 bits per heavy atom. The number of H-pyrrole nitrogens is 1. The van der Waals surface area contributed by atoms with Crippen LogP contribution in [-0.2, 0) is 4.79 Å². The van der Waals surface area contributed by atoms with E-state index in [1.54, 1.807) is 18.2 Å². The summed E-state index contributed by atoms with van der Waals surface area (Å²) in [6.45, 7) is 0.368. The van der Waals surface area contributed by atoms with E-state index >= 15 is 0 Å². The Morgan fingerprint density at radius 3 is 2.69 bits per heavy atom. The van der Waals surface area contributed by atoms with Crippen molar-refractivity contribution in [1.29, 1.82) is 0 Å². The second-order valence-corrected chi connectivity index (χ2v) is 6.27. The Bertz CT molecular complexity index is 712. The van der Waals surface area contributed by atoms with E-state index in [2.05, 4.69) is 25.2 Å². The van der Waals surface area contributed by atoms with Crippen LogP contribution < -0.4 is 10.1 Å². The first-order chi connectivity index (χ1) is 12.6. The van der Waals surface area contributed by atoms with Gasteiger partial charge in [-0.2, -0.15) is 13.9 Å². The van der Waals surface area contributed by atoms with Gasteiger partial charge in [0, 0.05) is 18.1 Å². The van der Waals surface area contributed by atoms with Gasteiger partial charge in [-0.25, -0.2) is 0 Å². The molecule has 0 aliphatic carbocycles. The Labute approximate surface area is 150 Å². The molecule has 1 aliphatic rings. The molecule has 140 valence electrons. The average molecular weight is 364 g/mol. The predicted molar refractivity (Wildman–Crippen MR) is 94.2 cm³/mol. The standard InChI is InChI=1S/C18H22F2N4O2/c19-18(20)26-14-7-5-13(6-8-14)15-12-16(23-22-15)21-17(25)4-3-11-24-9-1-2-10-24/h5-8,12,18H,1-4,9-11H2,(H2,21,22,23,25). The predicted octanol–water partition coefficient (Wildman–Crippen LogP) is 3.49. The lowest BCUT2D eigenvalue weighted by molar-refractivity contribution is -0.116. The normalized spacial score (nSPS) is 14.7. The summed E-state index contributed by atoms with van der Waals surface area (Å²) in [6, 6.07) is 7.88. The first kappa shape index (κ1) is 18.3. The van der Waals surface area contributed by atoms with Gasteiger partial charge >= 0.3 is 6.61 Å².